The summed E-state index contributed by atoms with van der Waals surface area (Å²) in [7, 11) is 0. The van der Waals surface area contributed by atoms with Crippen molar-refractivity contribution < 1.29 is 9.53 Å². The number of likely N-dealkylation sites (N-methyl/N-ethyl adjacent to an activating group) is 1. The fourth-order valence-corrected chi connectivity index (χ4v) is 2.81. The van der Waals surface area contributed by atoms with Crippen molar-refractivity contribution >= 4 is 21.8 Å². The summed E-state index contributed by atoms with van der Waals surface area (Å²) in [5.74, 6) is 0.0774. The van der Waals surface area contributed by atoms with Gasteiger partial charge in [0.25, 0.3) is 5.91 Å². The van der Waals surface area contributed by atoms with Crippen molar-refractivity contribution in [1.82, 2.24) is 4.90 Å². The molecule has 1 saturated heterocycles. The van der Waals surface area contributed by atoms with Gasteiger partial charge in [-0.2, -0.15) is 0 Å². The Bertz CT molecular complexity index is 455. The number of rotatable bonds is 4. The predicted molar refractivity (Wildman–Crippen MR) is 79.4 cm³/mol. The third-order valence-electron chi connectivity index (χ3n) is 3.54. The Morgan fingerprint density at radius 3 is 2.95 bits per heavy atom. The average Bonchev–Trinajstić information content (AvgIpc) is 2.91. The SMILES string of the molecule is CCN(CC1CCCO1)C(=O)c1cccc(C)c1Br. The second-order valence-electron chi connectivity index (χ2n) is 4.92. The first-order chi connectivity index (χ1) is 9.13. The Labute approximate surface area is 123 Å². The minimum absolute atomic E-state index is 0.0774. The molecule has 1 heterocycles. The van der Waals surface area contributed by atoms with E-state index in [1.165, 1.54) is 0 Å². The van der Waals surface area contributed by atoms with E-state index >= 15 is 0 Å². The van der Waals surface area contributed by atoms with Crippen molar-refractivity contribution in [2.45, 2.75) is 32.8 Å². The summed E-state index contributed by atoms with van der Waals surface area (Å²) >= 11 is 3.51. The highest BCUT2D eigenvalue weighted by Gasteiger charge is 2.23. The number of aryl methyl sites for hydroxylation is 1. The molecule has 1 aliphatic heterocycles. The van der Waals surface area contributed by atoms with Gasteiger partial charge in [0.2, 0.25) is 0 Å². The second kappa shape index (κ2) is 6.53. The highest BCUT2D eigenvalue weighted by atomic mass is 79.9. The normalized spacial score (nSPS) is 18.6. The lowest BCUT2D eigenvalue weighted by atomic mass is 10.1. The van der Waals surface area contributed by atoms with Crippen LogP contribution in [-0.2, 0) is 4.74 Å². The lowest BCUT2D eigenvalue weighted by molar-refractivity contribution is 0.0538. The maximum atomic E-state index is 12.6. The highest BCUT2D eigenvalue weighted by Crippen LogP contribution is 2.23. The van der Waals surface area contributed by atoms with E-state index in [1.807, 2.05) is 36.9 Å². The molecule has 1 atom stereocenters. The van der Waals surface area contributed by atoms with Crippen LogP contribution in [0.5, 0.6) is 0 Å². The molecule has 19 heavy (non-hydrogen) atoms. The maximum Gasteiger partial charge on any atom is 0.255 e. The van der Waals surface area contributed by atoms with E-state index in [-0.39, 0.29) is 12.0 Å². The molecule has 0 aliphatic carbocycles. The summed E-state index contributed by atoms with van der Waals surface area (Å²) < 4.78 is 6.51. The zero-order valence-corrected chi connectivity index (χ0v) is 13.1. The lowest BCUT2D eigenvalue weighted by Gasteiger charge is -2.24. The number of benzene rings is 1. The summed E-state index contributed by atoms with van der Waals surface area (Å²) in [6.07, 6.45) is 2.36. The molecule has 0 saturated carbocycles. The molecule has 1 fully saturated rings. The van der Waals surface area contributed by atoms with Crippen LogP contribution < -0.4 is 0 Å². The number of ether oxygens (including phenoxy) is 1. The standard InChI is InChI=1S/C15H20BrNO2/c1-3-17(10-12-7-5-9-19-12)15(18)13-8-4-6-11(2)14(13)16/h4,6,8,12H,3,5,7,9-10H2,1-2H3. The van der Waals surface area contributed by atoms with Crippen LogP contribution in [0.15, 0.2) is 22.7 Å². The molecule has 0 bridgehead atoms. The molecule has 3 nitrogen and oxygen atoms in total. The van der Waals surface area contributed by atoms with Gasteiger partial charge in [-0.25, -0.2) is 0 Å². The third kappa shape index (κ3) is 3.37. The van der Waals surface area contributed by atoms with Crippen LogP contribution >= 0.6 is 15.9 Å². The average molecular weight is 326 g/mol. The summed E-state index contributed by atoms with van der Waals surface area (Å²) in [6, 6.07) is 5.79. The molecular formula is C15H20BrNO2. The highest BCUT2D eigenvalue weighted by molar-refractivity contribution is 9.10. The predicted octanol–water partition coefficient (Wildman–Crippen LogP) is 3.40. The number of hydrogen-bond acceptors (Lipinski definition) is 2. The van der Waals surface area contributed by atoms with E-state index in [0.717, 1.165) is 35.0 Å². The Kier molecular flexibility index (Phi) is 4.99. The summed E-state index contributed by atoms with van der Waals surface area (Å²) in [6.45, 7) is 6.23. The fourth-order valence-electron chi connectivity index (χ4n) is 2.37. The molecule has 1 aromatic rings. The van der Waals surface area contributed by atoms with Gasteiger partial charge in [0.05, 0.1) is 11.7 Å². The smallest absolute Gasteiger partial charge is 0.255 e. The van der Waals surface area contributed by atoms with Crippen LogP contribution in [0.25, 0.3) is 0 Å². The van der Waals surface area contributed by atoms with Gasteiger partial charge in [-0.05, 0) is 54.2 Å². The first kappa shape index (κ1) is 14.5. The van der Waals surface area contributed by atoms with Crippen molar-refractivity contribution in [3.05, 3.63) is 33.8 Å². The van der Waals surface area contributed by atoms with Crippen LogP contribution in [0.1, 0.15) is 35.7 Å². The van der Waals surface area contributed by atoms with Crippen molar-refractivity contribution in [3.8, 4) is 0 Å². The molecule has 0 aromatic heterocycles. The van der Waals surface area contributed by atoms with E-state index < -0.39 is 0 Å². The molecular weight excluding hydrogens is 306 g/mol. The zero-order chi connectivity index (χ0) is 13.8. The van der Waals surface area contributed by atoms with Gasteiger partial charge in [0.15, 0.2) is 0 Å². The van der Waals surface area contributed by atoms with E-state index in [0.29, 0.717) is 13.1 Å². The zero-order valence-electron chi connectivity index (χ0n) is 11.5. The van der Waals surface area contributed by atoms with E-state index in [2.05, 4.69) is 15.9 Å². The molecule has 2 rings (SSSR count). The molecule has 0 N–H and O–H groups in total. The number of carbonyl (C=O) groups is 1. The Hall–Kier alpha value is -0.870. The van der Waals surface area contributed by atoms with Gasteiger partial charge in [-0.3, -0.25) is 4.79 Å². The van der Waals surface area contributed by atoms with Gasteiger partial charge in [0.1, 0.15) is 0 Å². The van der Waals surface area contributed by atoms with Crippen molar-refractivity contribution in [1.29, 1.82) is 0 Å². The van der Waals surface area contributed by atoms with Crippen molar-refractivity contribution in [3.63, 3.8) is 0 Å². The van der Waals surface area contributed by atoms with Gasteiger partial charge < -0.3 is 9.64 Å². The quantitative estimate of drug-likeness (QED) is 0.849. The van der Waals surface area contributed by atoms with Gasteiger partial charge in [0, 0.05) is 24.2 Å². The number of carbonyl (C=O) groups excluding carboxylic acids is 1. The monoisotopic (exact) mass is 325 g/mol. The Morgan fingerprint density at radius 1 is 1.53 bits per heavy atom. The largest absolute Gasteiger partial charge is 0.376 e. The Morgan fingerprint density at radius 2 is 2.32 bits per heavy atom. The van der Waals surface area contributed by atoms with Crippen LogP contribution in [0.2, 0.25) is 0 Å². The molecule has 0 spiro atoms. The van der Waals surface area contributed by atoms with Gasteiger partial charge in [-0.15, -0.1) is 0 Å². The number of nitrogens with zero attached hydrogens (tertiary/aromatic N) is 1. The minimum atomic E-state index is 0.0774. The molecule has 0 radical (unpaired) electrons. The van der Waals surface area contributed by atoms with Gasteiger partial charge >= 0.3 is 0 Å². The third-order valence-corrected chi connectivity index (χ3v) is 4.59. The van der Waals surface area contributed by atoms with Crippen LogP contribution in [0, 0.1) is 6.92 Å². The topological polar surface area (TPSA) is 29.5 Å². The van der Waals surface area contributed by atoms with Crippen LogP contribution in [0.4, 0.5) is 0 Å². The number of amides is 1. The van der Waals surface area contributed by atoms with E-state index in [9.17, 15) is 4.79 Å². The molecule has 4 heteroatoms. The molecule has 1 aromatic carbocycles. The van der Waals surface area contributed by atoms with Crippen LogP contribution in [-0.4, -0.2) is 36.6 Å². The molecule has 104 valence electrons. The number of hydrogen-bond donors (Lipinski definition) is 0. The van der Waals surface area contributed by atoms with E-state index in [1.54, 1.807) is 0 Å². The summed E-state index contributed by atoms with van der Waals surface area (Å²) in [5.41, 5.74) is 1.82. The first-order valence-corrected chi connectivity index (χ1v) is 7.58. The maximum absolute atomic E-state index is 12.6. The van der Waals surface area contributed by atoms with E-state index in [4.69, 9.17) is 4.74 Å². The minimum Gasteiger partial charge on any atom is -0.376 e. The fraction of sp³-hybridized carbons (Fsp3) is 0.533. The van der Waals surface area contributed by atoms with Crippen molar-refractivity contribution in [2.75, 3.05) is 19.7 Å². The van der Waals surface area contributed by atoms with Gasteiger partial charge in [-0.1, -0.05) is 12.1 Å². The summed E-state index contributed by atoms with van der Waals surface area (Å²) in [5, 5.41) is 0. The summed E-state index contributed by atoms with van der Waals surface area (Å²) in [4.78, 5) is 14.4. The van der Waals surface area contributed by atoms with Crippen molar-refractivity contribution in [2.24, 2.45) is 0 Å². The second-order valence-corrected chi connectivity index (χ2v) is 5.71. The number of halogens is 1. The molecule has 1 amide bonds. The molecule has 1 unspecified atom stereocenters. The molecule has 1 aliphatic rings. The van der Waals surface area contributed by atoms with Crippen LogP contribution in [0.3, 0.4) is 0 Å². The lowest BCUT2D eigenvalue weighted by Crippen LogP contribution is -2.37. The first-order valence-electron chi connectivity index (χ1n) is 6.79. The Balaban J connectivity index is 2.13.